The molecule has 2 heterocycles. The zero-order chi connectivity index (χ0) is 15.7. The Balaban J connectivity index is 0.000000199. The van der Waals surface area contributed by atoms with E-state index >= 15 is 0 Å². The van der Waals surface area contributed by atoms with Crippen LogP contribution in [0.2, 0.25) is 0 Å². The lowest BCUT2D eigenvalue weighted by molar-refractivity contribution is -0.192. The summed E-state index contributed by atoms with van der Waals surface area (Å²) in [4.78, 5) is 13.0. The van der Waals surface area contributed by atoms with Gasteiger partial charge in [0.15, 0.2) is 11.5 Å². The molecule has 2 N–H and O–H groups in total. The highest BCUT2D eigenvalue weighted by Gasteiger charge is 2.50. The highest BCUT2D eigenvalue weighted by Crippen LogP contribution is 2.48. The molecule has 118 valence electrons. The number of hydrogen-bond acceptors (Lipinski definition) is 5. The highest BCUT2D eigenvalue weighted by atomic mass is 19.4. The van der Waals surface area contributed by atoms with Gasteiger partial charge in [-0.25, -0.2) is 9.18 Å². The molecule has 0 amide bonds. The summed E-state index contributed by atoms with van der Waals surface area (Å²) in [5.41, 5.74) is -1.30. The maximum atomic E-state index is 13.5. The van der Waals surface area contributed by atoms with Gasteiger partial charge in [-0.2, -0.15) is 18.2 Å². The molecule has 1 unspecified atom stereocenters. The molecule has 21 heavy (non-hydrogen) atoms. The number of carbonyl (C=O) groups is 1. The van der Waals surface area contributed by atoms with E-state index in [1.165, 1.54) is 0 Å². The second-order valence-corrected chi connectivity index (χ2v) is 4.87. The van der Waals surface area contributed by atoms with Crippen molar-refractivity contribution >= 4 is 5.97 Å². The van der Waals surface area contributed by atoms with Gasteiger partial charge in [0.25, 0.3) is 5.89 Å². The summed E-state index contributed by atoms with van der Waals surface area (Å²) < 4.78 is 50.2. The Bertz CT molecular complexity index is 507. The second kappa shape index (κ2) is 5.58. The van der Waals surface area contributed by atoms with Crippen molar-refractivity contribution in [3.8, 4) is 0 Å². The van der Waals surface area contributed by atoms with Crippen LogP contribution >= 0.6 is 0 Å². The minimum Gasteiger partial charge on any atom is -0.475 e. The van der Waals surface area contributed by atoms with Crippen LogP contribution in [0.25, 0.3) is 0 Å². The number of rotatable bonds is 2. The molecule has 1 atom stereocenters. The molecule has 0 spiro atoms. The number of halogens is 4. The third kappa shape index (κ3) is 3.90. The molecule has 1 aliphatic heterocycles. The number of carboxylic acid groups (broad SMARTS) is 1. The Hall–Kier alpha value is -1.71. The zero-order valence-electron chi connectivity index (χ0n) is 10.8. The molecule has 0 radical (unpaired) electrons. The molecule has 0 bridgehead atoms. The number of nitrogens with zero attached hydrogens (tertiary/aromatic N) is 2. The van der Waals surface area contributed by atoms with Crippen LogP contribution in [0.4, 0.5) is 17.6 Å². The van der Waals surface area contributed by atoms with Gasteiger partial charge in [-0.1, -0.05) is 5.16 Å². The first-order valence-electron chi connectivity index (χ1n) is 6.29. The third-order valence-electron chi connectivity index (χ3n) is 3.13. The SMILES string of the molecule is FC1(c2nc(C3CCCN3)no2)CC1.O=C(O)C(F)(F)F. The minimum absolute atomic E-state index is 0.162. The summed E-state index contributed by atoms with van der Waals surface area (Å²) in [7, 11) is 0. The number of carboxylic acids is 1. The van der Waals surface area contributed by atoms with E-state index in [-0.39, 0.29) is 11.9 Å². The summed E-state index contributed by atoms with van der Waals surface area (Å²) in [5, 5.41) is 14.2. The van der Waals surface area contributed by atoms with Crippen molar-refractivity contribution in [2.24, 2.45) is 0 Å². The van der Waals surface area contributed by atoms with Crippen LogP contribution in [-0.2, 0) is 10.5 Å². The molecular formula is C11H13F4N3O3. The lowest BCUT2D eigenvalue weighted by Crippen LogP contribution is -2.21. The van der Waals surface area contributed by atoms with E-state index in [2.05, 4.69) is 15.5 Å². The average molecular weight is 311 g/mol. The molecule has 6 nitrogen and oxygen atoms in total. The van der Waals surface area contributed by atoms with Gasteiger partial charge in [0.05, 0.1) is 6.04 Å². The van der Waals surface area contributed by atoms with Crippen LogP contribution in [0.15, 0.2) is 4.52 Å². The van der Waals surface area contributed by atoms with E-state index < -0.39 is 17.8 Å². The molecule has 1 saturated carbocycles. The third-order valence-corrected chi connectivity index (χ3v) is 3.13. The minimum atomic E-state index is -5.08. The topological polar surface area (TPSA) is 88.3 Å². The van der Waals surface area contributed by atoms with Gasteiger partial charge in [-0.15, -0.1) is 0 Å². The average Bonchev–Trinajstić information content (AvgIpc) is 2.91. The first-order valence-corrected chi connectivity index (χ1v) is 6.29. The molecule has 1 aromatic rings. The first kappa shape index (κ1) is 15.7. The normalized spacial score (nSPS) is 23.3. The van der Waals surface area contributed by atoms with Crippen LogP contribution in [0.5, 0.6) is 0 Å². The van der Waals surface area contributed by atoms with Gasteiger partial charge in [0, 0.05) is 0 Å². The molecule has 1 saturated heterocycles. The predicted octanol–water partition coefficient (Wildman–Crippen LogP) is 2.09. The van der Waals surface area contributed by atoms with E-state index in [1.807, 2.05) is 0 Å². The summed E-state index contributed by atoms with van der Waals surface area (Å²) in [6, 6.07) is 0.162. The van der Waals surface area contributed by atoms with Crippen LogP contribution in [0, 0.1) is 0 Å². The fourth-order valence-corrected chi connectivity index (χ4v) is 1.79. The van der Waals surface area contributed by atoms with E-state index in [4.69, 9.17) is 14.4 Å². The fraction of sp³-hybridized carbons (Fsp3) is 0.727. The maximum absolute atomic E-state index is 13.5. The largest absolute Gasteiger partial charge is 0.490 e. The number of aromatic nitrogens is 2. The van der Waals surface area contributed by atoms with Crippen molar-refractivity contribution in [3.63, 3.8) is 0 Å². The van der Waals surface area contributed by atoms with Gasteiger partial charge >= 0.3 is 12.1 Å². The Morgan fingerprint density at radius 3 is 2.48 bits per heavy atom. The summed E-state index contributed by atoms with van der Waals surface area (Å²) in [5.74, 6) is -1.98. The van der Waals surface area contributed by atoms with Gasteiger partial charge < -0.3 is 14.9 Å². The number of nitrogens with one attached hydrogen (secondary N) is 1. The summed E-state index contributed by atoms with van der Waals surface area (Å²) in [6.45, 7) is 0.981. The first-order chi connectivity index (χ1) is 9.72. The van der Waals surface area contributed by atoms with Gasteiger partial charge in [0.2, 0.25) is 0 Å². The van der Waals surface area contributed by atoms with E-state index in [0.29, 0.717) is 18.7 Å². The lowest BCUT2D eigenvalue weighted by atomic mass is 10.2. The summed E-state index contributed by atoms with van der Waals surface area (Å²) >= 11 is 0. The van der Waals surface area contributed by atoms with Crippen molar-refractivity contribution < 1.29 is 32.0 Å². The van der Waals surface area contributed by atoms with Crippen molar-refractivity contribution in [3.05, 3.63) is 11.7 Å². The van der Waals surface area contributed by atoms with Crippen molar-refractivity contribution in [1.29, 1.82) is 0 Å². The molecular weight excluding hydrogens is 298 g/mol. The Labute approximate surface area is 116 Å². The van der Waals surface area contributed by atoms with E-state index in [9.17, 15) is 17.6 Å². The monoisotopic (exact) mass is 311 g/mol. The van der Waals surface area contributed by atoms with Crippen molar-refractivity contribution in [2.45, 2.75) is 43.6 Å². The number of hydrogen-bond donors (Lipinski definition) is 2. The fourth-order valence-electron chi connectivity index (χ4n) is 1.79. The molecule has 0 aromatic carbocycles. The molecule has 3 rings (SSSR count). The van der Waals surface area contributed by atoms with Gasteiger partial charge in [-0.3, -0.25) is 0 Å². The summed E-state index contributed by atoms with van der Waals surface area (Å²) in [6.07, 6.45) is -1.91. The molecule has 10 heteroatoms. The maximum Gasteiger partial charge on any atom is 0.490 e. The van der Waals surface area contributed by atoms with Crippen molar-refractivity contribution in [2.75, 3.05) is 6.54 Å². The Kier molecular flexibility index (Phi) is 4.17. The van der Waals surface area contributed by atoms with Crippen LogP contribution < -0.4 is 5.32 Å². The Morgan fingerprint density at radius 2 is 2.05 bits per heavy atom. The van der Waals surface area contributed by atoms with E-state index in [0.717, 1.165) is 19.4 Å². The smallest absolute Gasteiger partial charge is 0.475 e. The Morgan fingerprint density at radius 1 is 1.43 bits per heavy atom. The van der Waals surface area contributed by atoms with Gasteiger partial charge in [0.1, 0.15) is 0 Å². The number of alkyl halides is 4. The lowest BCUT2D eigenvalue weighted by Gasteiger charge is -2.01. The standard InChI is InChI=1S/C9H12FN3O.C2HF3O2/c10-9(3-4-9)8-12-7(13-14-8)6-2-1-5-11-6;3-2(4,5)1(6)7/h6,11H,1-5H2;(H,6,7). The zero-order valence-corrected chi connectivity index (χ0v) is 10.8. The van der Waals surface area contributed by atoms with Crippen LogP contribution in [0.1, 0.15) is 43.4 Å². The molecule has 1 aromatic heterocycles. The molecule has 2 fully saturated rings. The van der Waals surface area contributed by atoms with Crippen molar-refractivity contribution in [1.82, 2.24) is 15.5 Å². The second-order valence-electron chi connectivity index (χ2n) is 4.87. The van der Waals surface area contributed by atoms with Gasteiger partial charge in [-0.05, 0) is 32.2 Å². The van der Waals surface area contributed by atoms with Crippen LogP contribution in [0.3, 0.4) is 0 Å². The van der Waals surface area contributed by atoms with E-state index in [1.54, 1.807) is 0 Å². The number of aliphatic carboxylic acids is 1. The quantitative estimate of drug-likeness (QED) is 0.813. The van der Waals surface area contributed by atoms with Crippen LogP contribution in [-0.4, -0.2) is 33.9 Å². The molecule has 1 aliphatic carbocycles. The molecule has 2 aliphatic rings. The predicted molar refractivity (Wildman–Crippen MR) is 60.0 cm³/mol. The highest BCUT2D eigenvalue weighted by molar-refractivity contribution is 5.73.